The first kappa shape index (κ1) is 13.2. The molecule has 2 aromatic rings. The van der Waals surface area contributed by atoms with Crippen molar-refractivity contribution in [2.24, 2.45) is 5.84 Å². The largest absolute Gasteiger partial charge is 0.466 e. The molecule has 1 aromatic heterocycles. The van der Waals surface area contributed by atoms with Crippen molar-refractivity contribution in [2.45, 2.75) is 13.0 Å². The van der Waals surface area contributed by atoms with Crippen LogP contribution in [0.4, 0.5) is 8.78 Å². The Kier molecular flexibility index (Phi) is 3.79. The highest BCUT2D eigenvalue weighted by Crippen LogP contribution is 2.31. The van der Waals surface area contributed by atoms with E-state index in [0.717, 1.165) is 6.07 Å². The molecule has 18 heavy (non-hydrogen) atoms. The Hall–Kier alpha value is -1.24. The summed E-state index contributed by atoms with van der Waals surface area (Å²) in [6, 6.07) is 3.23. The molecule has 0 amide bonds. The molecule has 1 aromatic carbocycles. The van der Waals surface area contributed by atoms with Gasteiger partial charge in [0.05, 0.1) is 10.7 Å². The summed E-state index contributed by atoms with van der Waals surface area (Å²) in [5.74, 6) is 4.59. The second-order valence-electron chi connectivity index (χ2n) is 3.86. The maximum absolute atomic E-state index is 13.8. The van der Waals surface area contributed by atoms with Crippen LogP contribution < -0.4 is 11.3 Å². The quantitative estimate of drug-likeness (QED) is 0.675. The average molecular weight is 317 g/mol. The van der Waals surface area contributed by atoms with Gasteiger partial charge in [0, 0.05) is 11.6 Å². The lowest BCUT2D eigenvalue weighted by Gasteiger charge is -2.16. The van der Waals surface area contributed by atoms with Gasteiger partial charge in [0.2, 0.25) is 0 Å². The van der Waals surface area contributed by atoms with Crippen LogP contribution in [-0.4, -0.2) is 0 Å². The van der Waals surface area contributed by atoms with Crippen LogP contribution in [0.5, 0.6) is 0 Å². The van der Waals surface area contributed by atoms with Gasteiger partial charge in [0.15, 0.2) is 0 Å². The van der Waals surface area contributed by atoms with Crippen LogP contribution in [0.1, 0.15) is 22.9 Å². The van der Waals surface area contributed by atoms with Gasteiger partial charge in [-0.1, -0.05) is 0 Å². The first-order chi connectivity index (χ1) is 8.54. The topological polar surface area (TPSA) is 51.2 Å². The number of hydrogen-bond acceptors (Lipinski definition) is 3. The molecule has 2 rings (SSSR count). The number of furan rings is 1. The highest BCUT2D eigenvalue weighted by molar-refractivity contribution is 9.10. The van der Waals surface area contributed by atoms with E-state index in [0.29, 0.717) is 15.8 Å². The van der Waals surface area contributed by atoms with E-state index in [9.17, 15) is 8.78 Å². The van der Waals surface area contributed by atoms with E-state index in [-0.39, 0.29) is 5.56 Å². The van der Waals surface area contributed by atoms with Crippen LogP contribution in [0.25, 0.3) is 0 Å². The van der Waals surface area contributed by atoms with Gasteiger partial charge in [-0.05, 0) is 40.5 Å². The Balaban J connectivity index is 2.52. The second kappa shape index (κ2) is 5.17. The zero-order valence-electron chi connectivity index (χ0n) is 9.51. The molecule has 0 aliphatic heterocycles. The summed E-state index contributed by atoms with van der Waals surface area (Å²) in [6.45, 7) is 1.56. The number of hydrazine groups is 1. The van der Waals surface area contributed by atoms with Crippen molar-refractivity contribution in [2.75, 3.05) is 0 Å². The molecule has 3 nitrogen and oxygen atoms in total. The monoisotopic (exact) mass is 316 g/mol. The second-order valence-corrected chi connectivity index (χ2v) is 4.71. The van der Waals surface area contributed by atoms with Crippen molar-refractivity contribution < 1.29 is 13.2 Å². The van der Waals surface area contributed by atoms with Gasteiger partial charge in [0.25, 0.3) is 0 Å². The molecule has 0 saturated carbocycles. The van der Waals surface area contributed by atoms with E-state index in [2.05, 4.69) is 21.4 Å². The molecule has 1 unspecified atom stereocenters. The molecule has 0 saturated heterocycles. The Morgan fingerprint density at radius 1 is 1.33 bits per heavy atom. The lowest BCUT2D eigenvalue weighted by atomic mass is 10.0. The third kappa shape index (κ3) is 2.31. The zero-order valence-corrected chi connectivity index (χ0v) is 11.1. The molecule has 96 valence electrons. The van der Waals surface area contributed by atoms with Crippen LogP contribution >= 0.6 is 15.9 Å². The standard InChI is InChI=1S/C12H11BrF2N2O/c1-6-4-7(10(15)5-9(6)14)11(17-16)12-8(13)2-3-18-12/h2-5,11,17H,16H2,1H3. The Labute approximate surface area is 111 Å². The molecule has 0 bridgehead atoms. The minimum Gasteiger partial charge on any atom is -0.466 e. The van der Waals surface area contributed by atoms with Gasteiger partial charge < -0.3 is 4.42 Å². The molecule has 1 atom stereocenters. The van der Waals surface area contributed by atoms with Crippen molar-refractivity contribution in [1.82, 2.24) is 5.43 Å². The van der Waals surface area contributed by atoms with Crippen molar-refractivity contribution in [3.8, 4) is 0 Å². The van der Waals surface area contributed by atoms with Crippen molar-refractivity contribution in [1.29, 1.82) is 0 Å². The molecule has 6 heteroatoms. The molecular weight excluding hydrogens is 306 g/mol. The molecule has 0 aliphatic rings. The lowest BCUT2D eigenvalue weighted by molar-refractivity contribution is 0.437. The number of nitrogens with two attached hydrogens (primary N) is 1. The van der Waals surface area contributed by atoms with Gasteiger partial charge in [-0.2, -0.15) is 0 Å². The van der Waals surface area contributed by atoms with Crippen molar-refractivity contribution >= 4 is 15.9 Å². The fraction of sp³-hybridized carbons (Fsp3) is 0.167. The zero-order chi connectivity index (χ0) is 13.3. The molecule has 0 radical (unpaired) electrons. The van der Waals surface area contributed by atoms with Crippen molar-refractivity contribution in [3.63, 3.8) is 0 Å². The lowest BCUT2D eigenvalue weighted by Crippen LogP contribution is -2.29. The van der Waals surface area contributed by atoms with Crippen molar-refractivity contribution in [3.05, 3.63) is 57.5 Å². The van der Waals surface area contributed by atoms with E-state index in [1.807, 2.05) is 0 Å². The summed E-state index contributed by atoms with van der Waals surface area (Å²) in [6.07, 6.45) is 1.46. The number of halogens is 3. The van der Waals surface area contributed by atoms with E-state index in [1.54, 1.807) is 13.0 Å². The predicted octanol–water partition coefficient (Wildman–Crippen LogP) is 3.18. The minimum atomic E-state index is -0.686. The van der Waals surface area contributed by atoms with E-state index < -0.39 is 17.7 Å². The molecule has 0 fully saturated rings. The number of benzene rings is 1. The molecule has 0 spiro atoms. The van der Waals surface area contributed by atoms with Gasteiger partial charge in [-0.15, -0.1) is 0 Å². The smallest absolute Gasteiger partial charge is 0.140 e. The number of hydrogen-bond donors (Lipinski definition) is 2. The van der Waals surface area contributed by atoms with Crippen LogP contribution in [0.15, 0.2) is 33.4 Å². The summed E-state index contributed by atoms with van der Waals surface area (Å²) < 4.78 is 32.9. The maximum Gasteiger partial charge on any atom is 0.140 e. The highest BCUT2D eigenvalue weighted by Gasteiger charge is 2.23. The average Bonchev–Trinajstić information content (AvgIpc) is 2.73. The summed E-state index contributed by atoms with van der Waals surface area (Å²) in [5.41, 5.74) is 3.03. The fourth-order valence-electron chi connectivity index (χ4n) is 1.72. The number of rotatable bonds is 3. The number of nitrogens with one attached hydrogen (secondary N) is 1. The summed E-state index contributed by atoms with van der Waals surface area (Å²) in [7, 11) is 0. The van der Waals surface area contributed by atoms with Gasteiger partial charge in [-0.25, -0.2) is 14.2 Å². The Morgan fingerprint density at radius 2 is 2.06 bits per heavy atom. The molecule has 0 aliphatic carbocycles. The summed E-state index contributed by atoms with van der Waals surface area (Å²) >= 11 is 3.28. The van der Waals surface area contributed by atoms with Gasteiger partial charge >= 0.3 is 0 Å². The SMILES string of the molecule is Cc1cc(C(NN)c2occc2Br)c(F)cc1F. The van der Waals surface area contributed by atoms with E-state index in [4.69, 9.17) is 10.3 Å². The van der Waals surface area contributed by atoms with E-state index in [1.165, 1.54) is 12.3 Å². The minimum absolute atomic E-state index is 0.229. The van der Waals surface area contributed by atoms with Crippen LogP contribution in [0, 0.1) is 18.6 Å². The molecule has 3 N–H and O–H groups in total. The van der Waals surface area contributed by atoms with E-state index >= 15 is 0 Å². The molecule has 1 heterocycles. The van der Waals surface area contributed by atoms with Crippen LogP contribution in [0.3, 0.4) is 0 Å². The third-order valence-electron chi connectivity index (χ3n) is 2.66. The maximum atomic E-state index is 13.8. The third-order valence-corrected chi connectivity index (χ3v) is 3.32. The fourth-order valence-corrected chi connectivity index (χ4v) is 2.15. The Bertz CT molecular complexity index is 571. The van der Waals surface area contributed by atoms with Gasteiger partial charge in [0.1, 0.15) is 23.4 Å². The highest BCUT2D eigenvalue weighted by atomic mass is 79.9. The van der Waals surface area contributed by atoms with Crippen LogP contribution in [0.2, 0.25) is 0 Å². The normalized spacial score (nSPS) is 12.7. The number of aryl methyl sites for hydroxylation is 1. The summed E-state index contributed by atoms with van der Waals surface area (Å²) in [5, 5.41) is 0. The first-order valence-electron chi connectivity index (χ1n) is 5.19. The molecular formula is C12H11BrF2N2O. The predicted molar refractivity (Wildman–Crippen MR) is 66.7 cm³/mol. The van der Waals surface area contributed by atoms with Gasteiger partial charge in [-0.3, -0.25) is 5.84 Å². The summed E-state index contributed by atoms with van der Waals surface area (Å²) in [4.78, 5) is 0. The Morgan fingerprint density at radius 3 is 2.61 bits per heavy atom. The van der Waals surface area contributed by atoms with Crippen LogP contribution in [-0.2, 0) is 0 Å². The first-order valence-corrected chi connectivity index (χ1v) is 5.98.